The van der Waals surface area contributed by atoms with Crippen molar-refractivity contribution in [3.8, 4) is 0 Å². The second-order valence-corrected chi connectivity index (χ2v) is 6.17. The van der Waals surface area contributed by atoms with Gasteiger partial charge >= 0.3 is 0 Å². The van der Waals surface area contributed by atoms with Gasteiger partial charge < -0.3 is 10.0 Å². The van der Waals surface area contributed by atoms with Gasteiger partial charge in [-0.2, -0.15) is 0 Å². The van der Waals surface area contributed by atoms with Crippen molar-refractivity contribution < 1.29 is 5.11 Å². The fourth-order valence-electron chi connectivity index (χ4n) is 1.99. The van der Waals surface area contributed by atoms with E-state index < -0.39 is 0 Å². The maximum atomic E-state index is 9.17. The Morgan fingerprint density at radius 2 is 2.11 bits per heavy atom. The average molecular weight is 296 g/mol. The highest BCUT2D eigenvalue weighted by atomic mass is 35.5. The fourth-order valence-corrected chi connectivity index (χ4v) is 2.92. The van der Waals surface area contributed by atoms with Crippen LogP contribution in [0, 0.1) is 0 Å². The second kappa shape index (κ2) is 6.42. The van der Waals surface area contributed by atoms with Crippen molar-refractivity contribution >= 4 is 28.6 Å². The molecule has 1 heterocycles. The molecule has 19 heavy (non-hydrogen) atoms. The number of thiophene rings is 1. The number of halogens is 1. The summed E-state index contributed by atoms with van der Waals surface area (Å²) in [7, 11) is 0. The first kappa shape index (κ1) is 14.4. The average Bonchev–Trinajstić information content (AvgIpc) is 2.88. The van der Waals surface area contributed by atoms with E-state index in [2.05, 4.69) is 36.3 Å². The molecule has 0 unspecified atom stereocenters. The zero-order valence-electron chi connectivity index (χ0n) is 11.1. The number of aliphatic hydroxyl groups is 1. The summed E-state index contributed by atoms with van der Waals surface area (Å²) >= 11 is 7.94. The van der Waals surface area contributed by atoms with E-state index in [4.69, 9.17) is 16.7 Å². The largest absolute Gasteiger partial charge is 0.392 e. The molecule has 0 radical (unpaired) electrons. The van der Waals surface area contributed by atoms with Crippen molar-refractivity contribution in [3.05, 3.63) is 51.2 Å². The fraction of sp³-hybridized carbons (Fsp3) is 0.333. The van der Waals surface area contributed by atoms with E-state index >= 15 is 0 Å². The summed E-state index contributed by atoms with van der Waals surface area (Å²) in [5, 5.41) is 11.9. The summed E-state index contributed by atoms with van der Waals surface area (Å²) in [6, 6.07) is 10.4. The summed E-state index contributed by atoms with van der Waals surface area (Å²) in [5.41, 5.74) is 1.86. The van der Waals surface area contributed by atoms with Gasteiger partial charge in [-0.15, -0.1) is 11.3 Å². The van der Waals surface area contributed by atoms with Gasteiger partial charge in [0.25, 0.3) is 0 Å². The van der Waals surface area contributed by atoms with Gasteiger partial charge in [-0.25, -0.2) is 0 Å². The van der Waals surface area contributed by atoms with Gasteiger partial charge in [0.15, 0.2) is 0 Å². The van der Waals surface area contributed by atoms with Crippen LogP contribution in [0.25, 0.3) is 0 Å². The van der Waals surface area contributed by atoms with Crippen molar-refractivity contribution in [3.63, 3.8) is 0 Å². The lowest BCUT2D eigenvalue weighted by Gasteiger charge is -2.29. The van der Waals surface area contributed by atoms with Crippen molar-refractivity contribution in [1.82, 2.24) is 0 Å². The first-order valence-corrected chi connectivity index (χ1v) is 7.56. The van der Waals surface area contributed by atoms with Crippen LogP contribution in [0.1, 0.15) is 24.3 Å². The number of rotatable bonds is 5. The van der Waals surface area contributed by atoms with Crippen LogP contribution in [0.3, 0.4) is 0 Å². The Labute approximate surface area is 123 Å². The number of anilines is 1. The minimum Gasteiger partial charge on any atom is -0.392 e. The summed E-state index contributed by atoms with van der Waals surface area (Å²) in [5.74, 6) is 0. The van der Waals surface area contributed by atoms with Crippen molar-refractivity contribution in [2.45, 2.75) is 33.0 Å². The smallest absolute Gasteiger partial charge is 0.0696 e. The molecule has 2 nitrogen and oxygen atoms in total. The molecule has 1 aromatic heterocycles. The van der Waals surface area contributed by atoms with E-state index in [-0.39, 0.29) is 6.61 Å². The molecule has 0 bridgehead atoms. The molecule has 2 aromatic rings. The van der Waals surface area contributed by atoms with Crippen molar-refractivity contribution in [2.75, 3.05) is 4.90 Å². The number of benzene rings is 1. The monoisotopic (exact) mass is 295 g/mol. The van der Waals surface area contributed by atoms with Crippen molar-refractivity contribution in [1.29, 1.82) is 0 Å². The summed E-state index contributed by atoms with van der Waals surface area (Å²) < 4.78 is 0. The lowest BCUT2D eigenvalue weighted by Crippen LogP contribution is -2.29. The molecule has 4 heteroatoms. The number of hydrogen-bond donors (Lipinski definition) is 1. The van der Waals surface area contributed by atoms with Gasteiger partial charge in [0.1, 0.15) is 0 Å². The lowest BCUT2D eigenvalue weighted by molar-refractivity contribution is 0.282. The summed E-state index contributed by atoms with van der Waals surface area (Å²) in [6.07, 6.45) is 0. The normalized spacial score (nSPS) is 11.0. The Kier molecular flexibility index (Phi) is 4.86. The predicted octanol–water partition coefficient (Wildman–Crippen LogP) is 4.31. The minimum absolute atomic E-state index is 0.0221. The van der Waals surface area contributed by atoms with Crippen LogP contribution in [0.2, 0.25) is 5.02 Å². The minimum atomic E-state index is -0.0221. The van der Waals surface area contributed by atoms with E-state index in [1.807, 2.05) is 18.2 Å². The molecule has 0 saturated carbocycles. The maximum absolute atomic E-state index is 9.17. The van der Waals surface area contributed by atoms with Crippen LogP contribution < -0.4 is 4.90 Å². The molecule has 0 aliphatic heterocycles. The van der Waals surface area contributed by atoms with Crippen LogP contribution in [-0.4, -0.2) is 11.1 Å². The highest BCUT2D eigenvalue weighted by Crippen LogP contribution is 2.27. The molecule has 0 atom stereocenters. The number of hydrogen-bond acceptors (Lipinski definition) is 3. The molecule has 0 spiro atoms. The molecule has 0 aliphatic rings. The Bertz CT molecular complexity index is 525. The zero-order chi connectivity index (χ0) is 13.8. The first-order valence-electron chi connectivity index (χ1n) is 6.30. The topological polar surface area (TPSA) is 23.5 Å². The Hall–Kier alpha value is -1.03. The van der Waals surface area contributed by atoms with Gasteiger partial charge in [0.05, 0.1) is 13.2 Å². The molecular formula is C15H18ClNOS. The molecular weight excluding hydrogens is 278 g/mol. The summed E-state index contributed by atoms with van der Waals surface area (Å²) in [6.45, 7) is 5.19. The molecule has 0 saturated heterocycles. The van der Waals surface area contributed by atoms with Crippen LogP contribution in [0.5, 0.6) is 0 Å². The molecule has 0 amide bonds. The third-order valence-corrected chi connectivity index (χ3v) is 4.28. The van der Waals surface area contributed by atoms with Crippen molar-refractivity contribution in [2.24, 2.45) is 0 Å². The van der Waals surface area contributed by atoms with Gasteiger partial charge in [-0.05, 0) is 43.0 Å². The lowest BCUT2D eigenvalue weighted by atomic mass is 10.1. The summed E-state index contributed by atoms with van der Waals surface area (Å²) in [4.78, 5) is 3.63. The molecule has 1 N–H and O–H groups in total. The third kappa shape index (κ3) is 3.50. The van der Waals surface area contributed by atoms with Crippen LogP contribution in [-0.2, 0) is 13.2 Å². The molecule has 102 valence electrons. The standard InChI is InChI=1S/C15H18ClNOS/c1-11(2)17(9-14-4-3-7-19-14)13-6-5-12(10-18)15(16)8-13/h3-8,11,18H,9-10H2,1-2H3. The van der Waals surface area contributed by atoms with E-state index in [1.54, 1.807) is 11.3 Å². The Morgan fingerprint density at radius 3 is 2.63 bits per heavy atom. The maximum Gasteiger partial charge on any atom is 0.0696 e. The van der Waals surface area contributed by atoms with Crippen LogP contribution >= 0.6 is 22.9 Å². The number of aliphatic hydroxyl groups excluding tert-OH is 1. The van der Waals surface area contributed by atoms with Gasteiger partial charge in [0, 0.05) is 21.6 Å². The Balaban J connectivity index is 2.26. The molecule has 0 fully saturated rings. The van der Waals surface area contributed by atoms with Crippen LogP contribution in [0.4, 0.5) is 5.69 Å². The number of nitrogens with zero attached hydrogens (tertiary/aromatic N) is 1. The highest BCUT2D eigenvalue weighted by Gasteiger charge is 2.13. The predicted molar refractivity (Wildman–Crippen MR) is 83.0 cm³/mol. The molecule has 2 rings (SSSR count). The molecule has 1 aromatic carbocycles. The van der Waals surface area contributed by atoms with Crippen LogP contribution in [0.15, 0.2) is 35.7 Å². The van der Waals surface area contributed by atoms with Gasteiger partial charge in [-0.1, -0.05) is 23.7 Å². The Morgan fingerprint density at radius 1 is 1.32 bits per heavy atom. The SMILES string of the molecule is CC(C)N(Cc1cccs1)c1ccc(CO)c(Cl)c1. The first-order chi connectivity index (χ1) is 9.11. The second-order valence-electron chi connectivity index (χ2n) is 4.73. The van der Waals surface area contributed by atoms with E-state index in [1.165, 1.54) is 4.88 Å². The quantitative estimate of drug-likeness (QED) is 0.888. The van der Waals surface area contributed by atoms with Gasteiger partial charge in [0.2, 0.25) is 0 Å². The third-order valence-electron chi connectivity index (χ3n) is 3.07. The molecule has 0 aliphatic carbocycles. The zero-order valence-corrected chi connectivity index (χ0v) is 12.7. The highest BCUT2D eigenvalue weighted by molar-refractivity contribution is 7.09. The van der Waals surface area contributed by atoms with Gasteiger partial charge in [-0.3, -0.25) is 0 Å². The van der Waals surface area contributed by atoms with E-state index in [0.717, 1.165) is 17.8 Å². The van der Waals surface area contributed by atoms with E-state index in [9.17, 15) is 0 Å². The van der Waals surface area contributed by atoms with E-state index in [0.29, 0.717) is 11.1 Å².